The number of aromatic nitrogens is 3. The molecule has 0 spiro atoms. The molecule has 0 aliphatic carbocycles. The Bertz CT molecular complexity index is 939. The van der Waals surface area contributed by atoms with Crippen molar-refractivity contribution in [2.45, 2.75) is 71.4 Å². The summed E-state index contributed by atoms with van der Waals surface area (Å²) in [6.07, 6.45) is 4.18. The van der Waals surface area contributed by atoms with E-state index < -0.39 is 0 Å². The Hall–Kier alpha value is -2.45. The molecule has 0 radical (unpaired) electrons. The molecule has 168 valence electrons. The maximum atomic E-state index is 12.4. The van der Waals surface area contributed by atoms with Gasteiger partial charge in [-0.15, -0.1) is 0 Å². The average Bonchev–Trinajstić information content (AvgIpc) is 3.07. The lowest BCUT2D eigenvalue weighted by Gasteiger charge is -2.35. The maximum Gasteiger partial charge on any atom is 0.345 e. The van der Waals surface area contributed by atoms with Crippen LogP contribution >= 0.6 is 0 Å². The lowest BCUT2D eigenvalue weighted by Crippen LogP contribution is -2.44. The SMILES string of the molecule is CC1CN(Cc2ccc(C(=O)NCCCn3nc4n(c3=O)CCCC4)cc2)CC(C)O1. The lowest BCUT2D eigenvalue weighted by atomic mass is 10.1. The molecule has 0 saturated carbocycles. The van der Waals surface area contributed by atoms with Crippen LogP contribution in [0.1, 0.15) is 54.9 Å². The van der Waals surface area contributed by atoms with Crippen LogP contribution in [0.5, 0.6) is 0 Å². The minimum absolute atomic E-state index is 0.0272. The fourth-order valence-corrected chi connectivity index (χ4v) is 4.56. The highest BCUT2D eigenvalue weighted by atomic mass is 16.5. The van der Waals surface area contributed by atoms with Crippen LogP contribution in [0.25, 0.3) is 0 Å². The summed E-state index contributed by atoms with van der Waals surface area (Å²) in [4.78, 5) is 27.2. The molecular weight excluding hydrogens is 394 g/mol. The number of hydrogen-bond donors (Lipinski definition) is 1. The molecule has 0 bridgehead atoms. The molecule has 8 nitrogen and oxygen atoms in total. The Labute approximate surface area is 183 Å². The minimum atomic E-state index is -0.0864. The highest BCUT2D eigenvalue weighted by Crippen LogP contribution is 2.15. The molecule has 2 aliphatic rings. The Kier molecular flexibility index (Phi) is 6.87. The predicted molar refractivity (Wildman–Crippen MR) is 118 cm³/mol. The van der Waals surface area contributed by atoms with Crippen LogP contribution in [-0.2, 0) is 30.8 Å². The van der Waals surface area contributed by atoms with Gasteiger partial charge in [-0.05, 0) is 50.8 Å². The van der Waals surface area contributed by atoms with E-state index in [-0.39, 0.29) is 23.8 Å². The van der Waals surface area contributed by atoms with Gasteiger partial charge in [0.25, 0.3) is 5.91 Å². The van der Waals surface area contributed by atoms with Crippen molar-refractivity contribution >= 4 is 5.91 Å². The fraction of sp³-hybridized carbons (Fsp3) is 0.609. The van der Waals surface area contributed by atoms with Gasteiger partial charge in [-0.2, -0.15) is 5.10 Å². The number of nitrogens with zero attached hydrogens (tertiary/aromatic N) is 4. The van der Waals surface area contributed by atoms with Gasteiger partial charge in [-0.25, -0.2) is 9.48 Å². The van der Waals surface area contributed by atoms with E-state index in [0.717, 1.165) is 51.3 Å². The van der Waals surface area contributed by atoms with Gasteiger partial charge < -0.3 is 10.1 Å². The highest BCUT2D eigenvalue weighted by Gasteiger charge is 2.22. The molecule has 1 N–H and O–H groups in total. The van der Waals surface area contributed by atoms with Gasteiger partial charge in [0, 0.05) is 51.3 Å². The number of rotatable bonds is 7. The first-order valence-corrected chi connectivity index (χ1v) is 11.4. The van der Waals surface area contributed by atoms with Crippen LogP contribution in [-0.4, -0.2) is 57.0 Å². The third kappa shape index (κ3) is 5.43. The van der Waals surface area contributed by atoms with Crippen molar-refractivity contribution in [1.29, 1.82) is 0 Å². The molecule has 1 aromatic heterocycles. The molecule has 2 unspecified atom stereocenters. The second-order valence-electron chi connectivity index (χ2n) is 8.79. The topological polar surface area (TPSA) is 81.4 Å². The van der Waals surface area contributed by atoms with Crippen molar-refractivity contribution in [3.8, 4) is 0 Å². The zero-order valence-electron chi connectivity index (χ0n) is 18.5. The van der Waals surface area contributed by atoms with Gasteiger partial charge in [0.1, 0.15) is 5.82 Å². The van der Waals surface area contributed by atoms with Gasteiger partial charge in [0.2, 0.25) is 0 Å². The van der Waals surface area contributed by atoms with E-state index in [9.17, 15) is 9.59 Å². The molecular formula is C23H33N5O3. The quantitative estimate of drug-likeness (QED) is 0.682. The number of benzene rings is 1. The van der Waals surface area contributed by atoms with Crippen molar-refractivity contribution in [2.24, 2.45) is 0 Å². The van der Waals surface area contributed by atoms with Crippen molar-refractivity contribution in [2.75, 3.05) is 19.6 Å². The van der Waals surface area contributed by atoms with E-state index >= 15 is 0 Å². The van der Waals surface area contributed by atoms with Crippen molar-refractivity contribution < 1.29 is 9.53 Å². The summed E-state index contributed by atoms with van der Waals surface area (Å²) in [5.74, 6) is 0.804. The molecule has 31 heavy (non-hydrogen) atoms. The summed E-state index contributed by atoms with van der Waals surface area (Å²) in [7, 11) is 0. The average molecular weight is 428 g/mol. The van der Waals surface area contributed by atoms with E-state index in [2.05, 4.69) is 29.2 Å². The van der Waals surface area contributed by atoms with Crippen LogP contribution in [0.15, 0.2) is 29.1 Å². The summed E-state index contributed by atoms with van der Waals surface area (Å²) in [6, 6.07) is 7.81. The molecule has 1 fully saturated rings. The summed E-state index contributed by atoms with van der Waals surface area (Å²) >= 11 is 0. The summed E-state index contributed by atoms with van der Waals surface area (Å²) < 4.78 is 9.11. The Morgan fingerprint density at radius 2 is 1.90 bits per heavy atom. The van der Waals surface area contributed by atoms with Gasteiger partial charge in [0.05, 0.1) is 12.2 Å². The van der Waals surface area contributed by atoms with E-state index in [0.29, 0.717) is 25.1 Å². The Morgan fingerprint density at radius 3 is 2.61 bits per heavy atom. The van der Waals surface area contributed by atoms with E-state index in [4.69, 9.17) is 4.74 Å². The molecule has 1 saturated heterocycles. The fourth-order valence-electron chi connectivity index (χ4n) is 4.56. The first-order valence-electron chi connectivity index (χ1n) is 11.4. The van der Waals surface area contributed by atoms with Crippen molar-refractivity contribution in [3.63, 3.8) is 0 Å². The zero-order valence-corrected chi connectivity index (χ0v) is 18.5. The minimum Gasteiger partial charge on any atom is -0.373 e. The first kappa shape index (κ1) is 21.8. The molecule has 1 aromatic carbocycles. The molecule has 2 aromatic rings. The third-order valence-corrected chi connectivity index (χ3v) is 5.98. The number of hydrogen-bond acceptors (Lipinski definition) is 5. The number of morpholine rings is 1. The zero-order chi connectivity index (χ0) is 21.8. The largest absolute Gasteiger partial charge is 0.373 e. The number of fused-ring (bicyclic) bond motifs is 1. The maximum absolute atomic E-state index is 12.4. The highest BCUT2D eigenvalue weighted by molar-refractivity contribution is 5.94. The third-order valence-electron chi connectivity index (χ3n) is 5.98. The molecule has 8 heteroatoms. The number of nitrogens with one attached hydrogen (secondary N) is 1. The monoisotopic (exact) mass is 427 g/mol. The van der Waals surface area contributed by atoms with Crippen LogP contribution in [0.3, 0.4) is 0 Å². The summed E-state index contributed by atoms with van der Waals surface area (Å²) in [5.41, 5.74) is 1.82. The van der Waals surface area contributed by atoms with Crippen LogP contribution in [0, 0.1) is 0 Å². The van der Waals surface area contributed by atoms with Gasteiger partial charge in [0.15, 0.2) is 0 Å². The summed E-state index contributed by atoms with van der Waals surface area (Å²) in [6.45, 7) is 8.73. The smallest absolute Gasteiger partial charge is 0.345 e. The van der Waals surface area contributed by atoms with Crippen molar-refractivity contribution in [3.05, 3.63) is 51.7 Å². The molecule has 2 aliphatic heterocycles. The Morgan fingerprint density at radius 1 is 1.16 bits per heavy atom. The number of carbonyl (C=O) groups excluding carboxylic acids is 1. The second-order valence-corrected chi connectivity index (χ2v) is 8.79. The van der Waals surface area contributed by atoms with E-state index in [1.807, 2.05) is 24.3 Å². The van der Waals surface area contributed by atoms with Gasteiger partial charge >= 0.3 is 5.69 Å². The number of aryl methyl sites for hydroxylation is 2. The van der Waals surface area contributed by atoms with E-state index in [1.165, 1.54) is 10.2 Å². The molecule has 4 rings (SSSR count). The van der Waals surface area contributed by atoms with Crippen molar-refractivity contribution in [1.82, 2.24) is 24.6 Å². The number of amides is 1. The van der Waals surface area contributed by atoms with Crippen LogP contribution in [0.4, 0.5) is 0 Å². The Balaban J connectivity index is 1.23. The molecule has 3 heterocycles. The molecule has 1 amide bonds. The number of carbonyl (C=O) groups is 1. The first-order chi connectivity index (χ1) is 15.0. The molecule has 2 atom stereocenters. The predicted octanol–water partition coefficient (Wildman–Crippen LogP) is 1.81. The number of ether oxygens (including phenoxy) is 1. The van der Waals surface area contributed by atoms with Gasteiger partial charge in [-0.3, -0.25) is 14.3 Å². The standard InChI is InChI=1S/C23H33N5O3/c1-17-14-26(15-18(2)31-17)16-19-7-9-20(10-8-19)22(29)24-11-5-13-28-23(30)27-12-4-3-6-21(27)25-28/h7-10,17-18H,3-6,11-16H2,1-2H3,(H,24,29). The summed E-state index contributed by atoms with van der Waals surface area (Å²) in [5, 5.41) is 7.38. The van der Waals surface area contributed by atoms with Gasteiger partial charge in [-0.1, -0.05) is 12.1 Å². The normalized spacial score (nSPS) is 21.6. The second kappa shape index (κ2) is 9.78. The van der Waals surface area contributed by atoms with Crippen LogP contribution in [0.2, 0.25) is 0 Å². The van der Waals surface area contributed by atoms with E-state index in [1.54, 1.807) is 4.57 Å². The van der Waals surface area contributed by atoms with Crippen LogP contribution < -0.4 is 11.0 Å². The lowest BCUT2D eigenvalue weighted by molar-refractivity contribution is -0.0704.